The van der Waals surface area contributed by atoms with Crippen LogP contribution < -0.4 is 11.1 Å². The molecule has 0 bridgehead atoms. The maximum atomic E-state index is 5.34. The molecule has 3 nitrogen and oxygen atoms in total. The van der Waals surface area contributed by atoms with Gasteiger partial charge in [0, 0.05) is 6.54 Å². The predicted molar refractivity (Wildman–Crippen MR) is 64.2 cm³/mol. The van der Waals surface area contributed by atoms with Gasteiger partial charge in [-0.3, -0.25) is 0 Å². The summed E-state index contributed by atoms with van der Waals surface area (Å²) in [6.07, 6.45) is 3.83. The van der Waals surface area contributed by atoms with Gasteiger partial charge in [-0.15, -0.1) is 0 Å². The Hall–Kier alpha value is -0.350. The number of nitrogens with zero attached hydrogens (tertiary/aromatic N) is 1. The van der Waals surface area contributed by atoms with E-state index < -0.39 is 0 Å². The third-order valence-electron chi connectivity index (χ3n) is 2.83. The van der Waals surface area contributed by atoms with Gasteiger partial charge < -0.3 is 16.0 Å². The molecule has 0 aromatic heterocycles. The Balaban J connectivity index is 1.99. The van der Waals surface area contributed by atoms with Gasteiger partial charge in [0.05, 0.1) is 0 Å². The lowest BCUT2D eigenvalue weighted by atomic mass is 9.99. The molecule has 82 valence electrons. The SMILES string of the molecule is CC1CCN(CCCNC(N)=S)CC1. The number of nitrogens with one attached hydrogen (secondary N) is 1. The molecule has 1 rings (SSSR count). The van der Waals surface area contributed by atoms with Crippen LogP contribution in [0.2, 0.25) is 0 Å². The Morgan fingerprint density at radius 1 is 1.50 bits per heavy atom. The molecule has 0 aliphatic carbocycles. The quantitative estimate of drug-likeness (QED) is 0.541. The topological polar surface area (TPSA) is 41.3 Å². The van der Waals surface area contributed by atoms with Crippen molar-refractivity contribution in [3.63, 3.8) is 0 Å². The summed E-state index contributed by atoms with van der Waals surface area (Å²) in [4.78, 5) is 2.53. The number of hydrogen-bond acceptors (Lipinski definition) is 2. The lowest BCUT2D eigenvalue weighted by Crippen LogP contribution is -2.36. The first kappa shape index (κ1) is 11.7. The van der Waals surface area contributed by atoms with Crippen LogP contribution in [0.1, 0.15) is 26.2 Å². The Bertz CT molecular complexity index is 176. The van der Waals surface area contributed by atoms with Crippen molar-refractivity contribution in [1.29, 1.82) is 0 Å². The number of hydrogen-bond donors (Lipinski definition) is 2. The average molecular weight is 215 g/mol. The Kier molecular flexibility index (Phi) is 5.19. The van der Waals surface area contributed by atoms with E-state index in [9.17, 15) is 0 Å². The maximum absolute atomic E-state index is 5.34. The third kappa shape index (κ3) is 4.77. The Labute approximate surface area is 92.0 Å². The highest BCUT2D eigenvalue weighted by Gasteiger charge is 2.14. The van der Waals surface area contributed by atoms with Gasteiger partial charge in [-0.25, -0.2) is 0 Å². The molecule has 0 aromatic carbocycles. The Morgan fingerprint density at radius 3 is 2.71 bits per heavy atom. The van der Waals surface area contributed by atoms with Crippen molar-refractivity contribution in [2.75, 3.05) is 26.2 Å². The lowest BCUT2D eigenvalue weighted by Gasteiger charge is -2.30. The van der Waals surface area contributed by atoms with E-state index in [1.54, 1.807) is 0 Å². The van der Waals surface area contributed by atoms with Crippen LogP contribution in [0.25, 0.3) is 0 Å². The molecule has 0 spiro atoms. The summed E-state index contributed by atoms with van der Waals surface area (Å²) in [5.74, 6) is 0.918. The van der Waals surface area contributed by atoms with Crippen molar-refractivity contribution in [2.45, 2.75) is 26.2 Å². The summed E-state index contributed by atoms with van der Waals surface area (Å²) in [6.45, 7) is 6.93. The molecule has 3 N–H and O–H groups in total. The van der Waals surface area contributed by atoms with Gasteiger partial charge in [-0.1, -0.05) is 6.92 Å². The van der Waals surface area contributed by atoms with Crippen molar-refractivity contribution in [2.24, 2.45) is 11.7 Å². The zero-order valence-electron chi connectivity index (χ0n) is 8.96. The van der Waals surface area contributed by atoms with Gasteiger partial charge >= 0.3 is 0 Å². The summed E-state index contributed by atoms with van der Waals surface area (Å²) in [5, 5.41) is 3.39. The van der Waals surface area contributed by atoms with Crippen molar-refractivity contribution < 1.29 is 0 Å². The highest BCUT2D eigenvalue weighted by molar-refractivity contribution is 7.80. The van der Waals surface area contributed by atoms with Crippen molar-refractivity contribution in [1.82, 2.24) is 10.2 Å². The van der Waals surface area contributed by atoms with Gasteiger partial charge in [-0.05, 0) is 57.0 Å². The average Bonchev–Trinajstić information content (AvgIpc) is 2.15. The highest BCUT2D eigenvalue weighted by atomic mass is 32.1. The lowest BCUT2D eigenvalue weighted by molar-refractivity contribution is 0.191. The molecule has 14 heavy (non-hydrogen) atoms. The molecular weight excluding hydrogens is 194 g/mol. The van der Waals surface area contributed by atoms with E-state index >= 15 is 0 Å². The van der Waals surface area contributed by atoms with Gasteiger partial charge in [0.2, 0.25) is 0 Å². The van der Waals surface area contributed by atoms with E-state index in [2.05, 4.69) is 17.1 Å². The van der Waals surface area contributed by atoms with Crippen molar-refractivity contribution in [3.8, 4) is 0 Å². The molecule has 1 fully saturated rings. The van der Waals surface area contributed by atoms with Gasteiger partial charge in [0.15, 0.2) is 5.11 Å². The number of piperidine rings is 1. The summed E-state index contributed by atoms with van der Waals surface area (Å²) in [5.41, 5.74) is 5.34. The molecule has 0 aromatic rings. The number of nitrogens with two attached hydrogens (primary N) is 1. The van der Waals surface area contributed by atoms with E-state index in [4.69, 9.17) is 18.0 Å². The number of rotatable bonds is 4. The minimum Gasteiger partial charge on any atom is -0.376 e. The Morgan fingerprint density at radius 2 is 2.14 bits per heavy atom. The molecule has 4 heteroatoms. The summed E-state index contributed by atoms with van der Waals surface area (Å²) >= 11 is 4.73. The molecular formula is C10H21N3S. The van der Waals surface area contributed by atoms with E-state index in [1.165, 1.54) is 32.5 Å². The minimum atomic E-state index is 0.414. The predicted octanol–water partition coefficient (Wildman–Crippen LogP) is 0.942. The van der Waals surface area contributed by atoms with E-state index in [0.717, 1.165) is 18.9 Å². The highest BCUT2D eigenvalue weighted by Crippen LogP contribution is 2.15. The molecule has 1 saturated heterocycles. The molecule has 0 saturated carbocycles. The van der Waals surface area contributed by atoms with Crippen LogP contribution in [0.15, 0.2) is 0 Å². The summed E-state index contributed by atoms with van der Waals surface area (Å²) < 4.78 is 0. The fraction of sp³-hybridized carbons (Fsp3) is 0.900. The second-order valence-corrected chi connectivity index (χ2v) is 4.61. The standard InChI is InChI=1S/C10H21N3S/c1-9-3-7-13(8-4-9)6-2-5-12-10(11)14/h9H,2-8H2,1H3,(H3,11,12,14). The first-order valence-corrected chi connectivity index (χ1v) is 5.85. The van der Waals surface area contributed by atoms with Crippen LogP contribution in [0.4, 0.5) is 0 Å². The van der Waals surface area contributed by atoms with Crippen LogP contribution in [0.5, 0.6) is 0 Å². The number of thiocarbonyl (C=S) groups is 1. The molecule has 1 aliphatic heterocycles. The van der Waals surface area contributed by atoms with Crippen LogP contribution >= 0.6 is 12.2 Å². The minimum absolute atomic E-state index is 0.414. The van der Waals surface area contributed by atoms with Crippen LogP contribution in [0, 0.1) is 5.92 Å². The van der Waals surface area contributed by atoms with Gasteiger partial charge in [0.25, 0.3) is 0 Å². The molecule has 0 atom stereocenters. The fourth-order valence-corrected chi connectivity index (χ4v) is 1.90. The fourth-order valence-electron chi connectivity index (χ4n) is 1.80. The van der Waals surface area contributed by atoms with E-state index in [0.29, 0.717) is 5.11 Å². The molecule has 1 heterocycles. The normalized spacial score (nSPS) is 19.5. The van der Waals surface area contributed by atoms with Crippen LogP contribution in [0.3, 0.4) is 0 Å². The van der Waals surface area contributed by atoms with E-state index in [1.807, 2.05) is 0 Å². The van der Waals surface area contributed by atoms with Crippen molar-refractivity contribution in [3.05, 3.63) is 0 Å². The first-order chi connectivity index (χ1) is 6.68. The zero-order valence-corrected chi connectivity index (χ0v) is 9.78. The molecule has 0 unspecified atom stereocenters. The molecule has 1 aliphatic rings. The molecule has 0 radical (unpaired) electrons. The van der Waals surface area contributed by atoms with Crippen molar-refractivity contribution >= 4 is 17.3 Å². The first-order valence-electron chi connectivity index (χ1n) is 5.44. The van der Waals surface area contributed by atoms with Gasteiger partial charge in [0.1, 0.15) is 0 Å². The number of likely N-dealkylation sites (tertiary alicyclic amines) is 1. The summed E-state index contributed by atoms with van der Waals surface area (Å²) in [6, 6.07) is 0. The largest absolute Gasteiger partial charge is 0.376 e. The summed E-state index contributed by atoms with van der Waals surface area (Å²) in [7, 11) is 0. The monoisotopic (exact) mass is 215 g/mol. The van der Waals surface area contributed by atoms with Gasteiger partial charge in [-0.2, -0.15) is 0 Å². The van der Waals surface area contributed by atoms with E-state index in [-0.39, 0.29) is 0 Å². The second-order valence-electron chi connectivity index (χ2n) is 4.17. The smallest absolute Gasteiger partial charge is 0.163 e. The second kappa shape index (κ2) is 6.19. The maximum Gasteiger partial charge on any atom is 0.163 e. The zero-order chi connectivity index (χ0) is 10.4. The third-order valence-corrected chi connectivity index (χ3v) is 2.97. The molecule has 0 amide bonds. The van der Waals surface area contributed by atoms with Crippen LogP contribution in [-0.2, 0) is 0 Å². The van der Waals surface area contributed by atoms with Crippen LogP contribution in [-0.4, -0.2) is 36.2 Å².